The van der Waals surface area contributed by atoms with Crippen LogP contribution >= 0.6 is 11.8 Å². The van der Waals surface area contributed by atoms with Crippen LogP contribution in [-0.2, 0) is 23.9 Å². The molecule has 1 aliphatic heterocycles. The van der Waals surface area contributed by atoms with Crippen LogP contribution in [0, 0.1) is 0 Å². The van der Waals surface area contributed by atoms with Gasteiger partial charge in [-0.05, 0) is 53.2 Å². The summed E-state index contributed by atoms with van der Waals surface area (Å²) in [4.78, 5) is 37.8. The summed E-state index contributed by atoms with van der Waals surface area (Å²) in [6.07, 6.45) is 3.23. The van der Waals surface area contributed by atoms with Gasteiger partial charge < -0.3 is 14.8 Å². The predicted molar refractivity (Wildman–Crippen MR) is 120 cm³/mol. The van der Waals surface area contributed by atoms with E-state index in [-0.39, 0.29) is 53.6 Å². The number of nitrogens with zero attached hydrogens (tertiary/aromatic N) is 1. The highest BCUT2D eigenvalue weighted by Crippen LogP contribution is 2.26. The number of thioether (sulfide) groups is 1. The Kier molecular flexibility index (Phi) is 11.4. The zero-order valence-corrected chi connectivity index (χ0v) is 20.4. The van der Waals surface area contributed by atoms with Crippen molar-refractivity contribution in [3.05, 3.63) is 0 Å². The van der Waals surface area contributed by atoms with Crippen LogP contribution in [0.3, 0.4) is 0 Å². The molecule has 1 atom stereocenters. The summed E-state index contributed by atoms with van der Waals surface area (Å²) in [5.74, 6) is 0.365. The molecule has 1 aliphatic rings. The predicted octanol–water partition coefficient (Wildman–Crippen LogP) is 3.15. The average Bonchev–Trinajstić information content (AvgIpc) is 2.89. The maximum atomic E-state index is 12.4. The summed E-state index contributed by atoms with van der Waals surface area (Å²) in [7, 11) is 0. The Morgan fingerprint density at radius 1 is 1.17 bits per heavy atom. The monoisotopic (exact) mass is 444 g/mol. The molecule has 8 heteroatoms. The molecule has 0 aromatic rings. The van der Waals surface area contributed by atoms with E-state index >= 15 is 0 Å². The Morgan fingerprint density at radius 2 is 1.87 bits per heavy atom. The normalized spacial score (nSPS) is 17.7. The maximum Gasteiger partial charge on any atom is 0.242 e. The average molecular weight is 445 g/mol. The second-order valence-corrected chi connectivity index (χ2v) is 10.5. The number of nitrogens with one attached hydrogen (secondary N) is 1. The first-order valence-electron chi connectivity index (χ1n) is 11.0. The Bertz CT molecular complexity index is 574. The standard InChI is InChI=1S/C22H40N2O5S/c1-7-8-15-30-17-16-19(26)24(20(17)27)12-9-18(25)23-11-14-29-22(5,6)10-13-28-21(2,3)4/h17H,7-16H2,1-6H3,(H,23,25). The minimum absolute atomic E-state index is 0.118. The fourth-order valence-corrected chi connectivity index (χ4v) is 4.15. The highest BCUT2D eigenvalue weighted by Gasteiger charge is 2.38. The van der Waals surface area contributed by atoms with Crippen molar-refractivity contribution < 1.29 is 23.9 Å². The van der Waals surface area contributed by atoms with Crippen LogP contribution in [0.25, 0.3) is 0 Å². The zero-order valence-electron chi connectivity index (χ0n) is 19.5. The Hall–Kier alpha value is -1.12. The van der Waals surface area contributed by atoms with Gasteiger partial charge in [0.05, 0.1) is 23.1 Å². The van der Waals surface area contributed by atoms with Gasteiger partial charge in [0.2, 0.25) is 17.7 Å². The number of ether oxygens (including phenoxy) is 2. The van der Waals surface area contributed by atoms with E-state index < -0.39 is 0 Å². The minimum atomic E-state index is -0.338. The molecule has 1 heterocycles. The quantitative estimate of drug-likeness (QED) is 0.327. The van der Waals surface area contributed by atoms with Crippen LogP contribution in [0.15, 0.2) is 0 Å². The second-order valence-electron chi connectivity index (χ2n) is 9.22. The van der Waals surface area contributed by atoms with Gasteiger partial charge in [0.15, 0.2) is 0 Å². The lowest BCUT2D eigenvalue weighted by molar-refractivity contribution is -0.138. The second kappa shape index (κ2) is 12.7. The highest BCUT2D eigenvalue weighted by atomic mass is 32.2. The summed E-state index contributed by atoms with van der Waals surface area (Å²) in [5.41, 5.74) is -0.509. The highest BCUT2D eigenvalue weighted by molar-refractivity contribution is 8.00. The van der Waals surface area contributed by atoms with Crippen molar-refractivity contribution in [2.75, 3.05) is 32.1 Å². The third-order valence-electron chi connectivity index (χ3n) is 4.74. The van der Waals surface area contributed by atoms with Crippen molar-refractivity contribution in [3.63, 3.8) is 0 Å². The number of rotatable bonds is 14. The van der Waals surface area contributed by atoms with Crippen molar-refractivity contribution in [1.82, 2.24) is 10.2 Å². The fourth-order valence-electron chi connectivity index (χ4n) is 2.88. The molecule has 0 spiro atoms. The molecule has 1 unspecified atom stereocenters. The van der Waals surface area contributed by atoms with Gasteiger partial charge in [-0.25, -0.2) is 0 Å². The lowest BCUT2D eigenvalue weighted by Gasteiger charge is -2.28. The smallest absolute Gasteiger partial charge is 0.242 e. The molecule has 1 rings (SSSR count). The molecule has 174 valence electrons. The lowest BCUT2D eigenvalue weighted by Crippen LogP contribution is -2.37. The van der Waals surface area contributed by atoms with E-state index in [1.165, 1.54) is 4.90 Å². The molecule has 0 aliphatic carbocycles. The molecule has 0 bridgehead atoms. The third kappa shape index (κ3) is 10.8. The first-order chi connectivity index (χ1) is 13.9. The van der Waals surface area contributed by atoms with Gasteiger partial charge in [-0.1, -0.05) is 13.3 Å². The molecule has 1 N–H and O–H groups in total. The molecule has 0 radical (unpaired) electrons. The van der Waals surface area contributed by atoms with Gasteiger partial charge in [-0.2, -0.15) is 0 Å². The molecule has 1 fully saturated rings. The number of amides is 3. The van der Waals surface area contributed by atoms with E-state index in [0.717, 1.165) is 25.0 Å². The summed E-state index contributed by atoms with van der Waals surface area (Å²) in [6.45, 7) is 13.7. The van der Waals surface area contributed by atoms with E-state index in [9.17, 15) is 14.4 Å². The van der Waals surface area contributed by atoms with Crippen LogP contribution in [0.1, 0.15) is 73.6 Å². The number of hydrogen-bond acceptors (Lipinski definition) is 6. The van der Waals surface area contributed by atoms with Crippen molar-refractivity contribution >= 4 is 29.5 Å². The first kappa shape index (κ1) is 26.9. The summed E-state index contributed by atoms with van der Waals surface area (Å²) >= 11 is 1.55. The first-order valence-corrected chi connectivity index (χ1v) is 12.0. The van der Waals surface area contributed by atoms with Gasteiger partial charge in [-0.3, -0.25) is 19.3 Å². The maximum absolute atomic E-state index is 12.4. The molecule has 3 amide bonds. The number of unbranched alkanes of at least 4 members (excludes halogenated alkanes) is 1. The molecule has 7 nitrogen and oxygen atoms in total. The molecule has 0 aromatic heterocycles. The van der Waals surface area contributed by atoms with Crippen molar-refractivity contribution in [2.24, 2.45) is 0 Å². The van der Waals surface area contributed by atoms with Gasteiger partial charge in [0.1, 0.15) is 0 Å². The summed E-state index contributed by atoms with van der Waals surface area (Å²) < 4.78 is 11.6. The van der Waals surface area contributed by atoms with Gasteiger partial charge in [0.25, 0.3) is 0 Å². The molecule has 30 heavy (non-hydrogen) atoms. The van der Waals surface area contributed by atoms with E-state index in [0.29, 0.717) is 19.8 Å². The van der Waals surface area contributed by atoms with Crippen LogP contribution < -0.4 is 5.32 Å². The fraction of sp³-hybridized carbons (Fsp3) is 0.864. The minimum Gasteiger partial charge on any atom is -0.376 e. The van der Waals surface area contributed by atoms with E-state index in [1.807, 2.05) is 34.6 Å². The summed E-state index contributed by atoms with van der Waals surface area (Å²) in [6, 6.07) is 0. The van der Waals surface area contributed by atoms with Gasteiger partial charge in [0, 0.05) is 32.5 Å². The van der Waals surface area contributed by atoms with E-state index in [1.54, 1.807) is 11.8 Å². The largest absolute Gasteiger partial charge is 0.376 e. The SMILES string of the molecule is CCCCSC1CC(=O)N(CCC(=O)NCCOC(C)(C)CCOC(C)(C)C)C1=O. The Morgan fingerprint density at radius 3 is 2.50 bits per heavy atom. The topological polar surface area (TPSA) is 84.9 Å². The van der Waals surface area contributed by atoms with Crippen LogP contribution in [0.2, 0.25) is 0 Å². The number of carbonyl (C=O) groups excluding carboxylic acids is 3. The van der Waals surface area contributed by atoms with Crippen LogP contribution in [0.5, 0.6) is 0 Å². The Labute approximate surface area is 186 Å². The van der Waals surface area contributed by atoms with Crippen molar-refractivity contribution in [3.8, 4) is 0 Å². The molecular weight excluding hydrogens is 404 g/mol. The van der Waals surface area contributed by atoms with Crippen molar-refractivity contribution in [1.29, 1.82) is 0 Å². The number of carbonyl (C=O) groups is 3. The zero-order chi connectivity index (χ0) is 22.8. The lowest BCUT2D eigenvalue weighted by atomic mass is 10.1. The third-order valence-corrected chi connectivity index (χ3v) is 6.03. The van der Waals surface area contributed by atoms with Crippen LogP contribution in [0.4, 0.5) is 0 Å². The molecule has 0 saturated carbocycles. The van der Waals surface area contributed by atoms with Gasteiger partial charge >= 0.3 is 0 Å². The summed E-state index contributed by atoms with van der Waals surface area (Å²) in [5, 5.41) is 2.51. The van der Waals surface area contributed by atoms with E-state index in [2.05, 4.69) is 12.2 Å². The van der Waals surface area contributed by atoms with Crippen LogP contribution in [-0.4, -0.2) is 71.1 Å². The number of hydrogen-bond donors (Lipinski definition) is 1. The number of likely N-dealkylation sites (tertiary alicyclic amines) is 1. The van der Waals surface area contributed by atoms with E-state index in [4.69, 9.17) is 9.47 Å². The van der Waals surface area contributed by atoms with Crippen molar-refractivity contribution in [2.45, 2.75) is 90.1 Å². The Balaban J connectivity index is 2.22. The van der Waals surface area contributed by atoms with Gasteiger partial charge in [-0.15, -0.1) is 11.8 Å². The molecule has 1 saturated heterocycles. The number of imide groups is 1. The molecular formula is C22H40N2O5S. The molecule has 0 aromatic carbocycles.